The number of carbonyl (C=O) groups excluding carboxylic acids is 1. The predicted molar refractivity (Wildman–Crippen MR) is 82.8 cm³/mol. The zero-order chi connectivity index (χ0) is 13.7. The minimum atomic E-state index is 0.000590. The second kappa shape index (κ2) is 7.02. The van der Waals surface area contributed by atoms with E-state index < -0.39 is 0 Å². The van der Waals surface area contributed by atoms with Crippen molar-refractivity contribution in [3.8, 4) is 0 Å². The molecule has 0 radical (unpaired) electrons. The fraction of sp³-hybridized carbons (Fsp3) is 0.250. The van der Waals surface area contributed by atoms with Crippen molar-refractivity contribution in [1.82, 2.24) is 10.2 Å². The Bertz CT molecular complexity index is 574. The van der Waals surface area contributed by atoms with Crippen molar-refractivity contribution in [3.05, 3.63) is 33.7 Å². The summed E-state index contributed by atoms with van der Waals surface area (Å²) in [5, 5.41) is 11.8. The van der Waals surface area contributed by atoms with Crippen LogP contribution in [0.3, 0.4) is 0 Å². The summed E-state index contributed by atoms with van der Waals surface area (Å²) in [5.41, 5.74) is 0.796. The summed E-state index contributed by atoms with van der Waals surface area (Å²) in [4.78, 5) is 11.8. The van der Waals surface area contributed by atoms with Crippen molar-refractivity contribution in [1.29, 1.82) is 0 Å². The monoisotopic (exact) mass is 357 g/mol. The number of para-hydroxylation sites is 1. The summed E-state index contributed by atoms with van der Waals surface area (Å²) in [6.45, 7) is 1.92. The zero-order valence-electron chi connectivity index (χ0n) is 10.2. The van der Waals surface area contributed by atoms with Crippen molar-refractivity contribution in [2.75, 3.05) is 11.1 Å². The number of aromatic nitrogens is 2. The number of carbonyl (C=O) groups is 1. The van der Waals surface area contributed by atoms with E-state index in [1.165, 1.54) is 0 Å². The highest BCUT2D eigenvalue weighted by Gasteiger charge is 2.06. The van der Waals surface area contributed by atoms with Gasteiger partial charge >= 0.3 is 0 Å². The molecule has 0 fully saturated rings. The maximum atomic E-state index is 11.8. The van der Waals surface area contributed by atoms with Gasteiger partial charge in [-0.2, -0.15) is 0 Å². The first kappa shape index (κ1) is 14.5. The first-order chi connectivity index (χ1) is 9.15. The summed E-state index contributed by atoms with van der Waals surface area (Å²) in [6.07, 6.45) is 0.449. The van der Waals surface area contributed by atoms with Crippen LogP contribution in [0.15, 0.2) is 33.1 Å². The quantitative estimate of drug-likeness (QED) is 0.828. The number of nitrogens with zero attached hydrogens (tertiary/aromatic N) is 2. The fourth-order valence-corrected chi connectivity index (χ4v) is 3.55. The molecule has 1 amide bonds. The van der Waals surface area contributed by atoms with Crippen LogP contribution in [0.25, 0.3) is 0 Å². The highest BCUT2D eigenvalue weighted by Crippen LogP contribution is 2.24. The van der Waals surface area contributed by atoms with E-state index in [9.17, 15) is 4.79 Å². The fourth-order valence-electron chi connectivity index (χ4n) is 1.34. The molecule has 1 aromatic heterocycles. The van der Waals surface area contributed by atoms with E-state index in [0.717, 1.165) is 19.5 Å². The minimum Gasteiger partial charge on any atom is -0.325 e. The van der Waals surface area contributed by atoms with Crippen LogP contribution in [0.2, 0.25) is 0 Å². The summed E-state index contributed by atoms with van der Waals surface area (Å²) in [6, 6.07) is 7.56. The number of hydrogen-bond acceptors (Lipinski definition) is 5. The topological polar surface area (TPSA) is 54.9 Å². The number of hydrogen-bond donors (Lipinski definition) is 1. The van der Waals surface area contributed by atoms with Gasteiger partial charge in [0.15, 0.2) is 4.34 Å². The lowest BCUT2D eigenvalue weighted by Gasteiger charge is -2.06. The SMILES string of the molecule is Cc1nnc(SCCC(=O)Nc2ccccc2Br)s1. The van der Waals surface area contributed by atoms with Crippen LogP contribution in [0, 0.1) is 6.92 Å². The van der Waals surface area contributed by atoms with Crippen LogP contribution >= 0.6 is 39.0 Å². The molecule has 4 nitrogen and oxygen atoms in total. The number of amides is 1. The molecule has 7 heteroatoms. The highest BCUT2D eigenvalue weighted by molar-refractivity contribution is 9.10. The normalized spacial score (nSPS) is 10.4. The second-order valence-electron chi connectivity index (χ2n) is 3.71. The number of rotatable bonds is 5. The maximum Gasteiger partial charge on any atom is 0.225 e. The Hall–Kier alpha value is -0.920. The molecule has 2 rings (SSSR count). The number of benzene rings is 1. The Morgan fingerprint density at radius 1 is 1.42 bits per heavy atom. The molecular weight excluding hydrogens is 346 g/mol. The van der Waals surface area contributed by atoms with Gasteiger partial charge in [0.25, 0.3) is 0 Å². The largest absolute Gasteiger partial charge is 0.325 e. The van der Waals surface area contributed by atoms with Gasteiger partial charge in [-0.05, 0) is 35.0 Å². The van der Waals surface area contributed by atoms with Crippen molar-refractivity contribution in [2.45, 2.75) is 17.7 Å². The van der Waals surface area contributed by atoms with Gasteiger partial charge in [0.1, 0.15) is 5.01 Å². The molecule has 0 saturated heterocycles. The number of anilines is 1. The Kier molecular flexibility index (Phi) is 5.35. The Morgan fingerprint density at radius 3 is 2.89 bits per heavy atom. The van der Waals surface area contributed by atoms with E-state index in [1.54, 1.807) is 23.1 Å². The standard InChI is InChI=1S/C12H12BrN3OS2/c1-8-15-16-12(19-8)18-7-6-11(17)14-10-5-3-2-4-9(10)13/h2-5H,6-7H2,1H3,(H,14,17). The van der Waals surface area contributed by atoms with Gasteiger partial charge in [0, 0.05) is 16.6 Å². The zero-order valence-corrected chi connectivity index (χ0v) is 13.4. The molecule has 1 N–H and O–H groups in total. The molecule has 100 valence electrons. The summed E-state index contributed by atoms with van der Waals surface area (Å²) < 4.78 is 1.79. The molecule has 0 unspecified atom stereocenters. The maximum absolute atomic E-state index is 11.8. The highest BCUT2D eigenvalue weighted by atomic mass is 79.9. The van der Waals surface area contributed by atoms with E-state index in [2.05, 4.69) is 31.4 Å². The minimum absolute atomic E-state index is 0.000590. The molecule has 1 aromatic carbocycles. The van der Waals surface area contributed by atoms with Gasteiger partial charge in [0.05, 0.1) is 5.69 Å². The Balaban J connectivity index is 1.77. The lowest BCUT2D eigenvalue weighted by Crippen LogP contribution is -2.12. The third kappa shape index (κ3) is 4.59. The van der Waals surface area contributed by atoms with E-state index in [1.807, 2.05) is 31.2 Å². The second-order valence-corrected chi connectivity index (χ2v) is 7.09. The number of thioether (sulfide) groups is 1. The van der Waals surface area contributed by atoms with E-state index in [0.29, 0.717) is 12.2 Å². The number of halogens is 1. The average Bonchev–Trinajstić information content (AvgIpc) is 2.78. The van der Waals surface area contributed by atoms with Crippen LogP contribution in [0.1, 0.15) is 11.4 Å². The predicted octanol–water partition coefficient (Wildman–Crippen LogP) is 3.73. The molecule has 2 aromatic rings. The van der Waals surface area contributed by atoms with Crippen molar-refractivity contribution in [2.24, 2.45) is 0 Å². The molecule has 0 aliphatic carbocycles. The molecule has 0 aliphatic heterocycles. The van der Waals surface area contributed by atoms with Crippen molar-refractivity contribution >= 4 is 50.6 Å². The van der Waals surface area contributed by atoms with Gasteiger partial charge < -0.3 is 5.32 Å². The van der Waals surface area contributed by atoms with E-state index >= 15 is 0 Å². The summed E-state index contributed by atoms with van der Waals surface area (Å²) >= 11 is 6.50. The summed E-state index contributed by atoms with van der Waals surface area (Å²) in [7, 11) is 0. The molecule has 1 heterocycles. The third-order valence-electron chi connectivity index (χ3n) is 2.21. The Morgan fingerprint density at radius 2 is 2.21 bits per heavy atom. The van der Waals surface area contributed by atoms with Crippen molar-refractivity contribution in [3.63, 3.8) is 0 Å². The van der Waals surface area contributed by atoms with Crippen LogP contribution < -0.4 is 5.32 Å². The molecule has 0 aliphatic rings. The number of nitrogens with one attached hydrogen (secondary N) is 1. The van der Waals surface area contributed by atoms with E-state index in [4.69, 9.17) is 0 Å². The molecule has 19 heavy (non-hydrogen) atoms. The van der Waals surface area contributed by atoms with Gasteiger partial charge in [-0.1, -0.05) is 35.2 Å². The number of aryl methyl sites for hydroxylation is 1. The lowest BCUT2D eigenvalue weighted by molar-refractivity contribution is -0.115. The Labute approximate surface area is 128 Å². The van der Waals surface area contributed by atoms with Crippen LogP contribution in [0.5, 0.6) is 0 Å². The van der Waals surface area contributed by atoms with Gasteiger partial charge in [-0.25, -0.2) is 0 Å². The lowest BCUT2D eigenvalue weighted by atomic mass is 10.3. The van der Waals surface area contributed by atoms with E-state index in [-0.39, 0.29) is 5.91 Å². The smallest absolute Gasteiger partial charge is 0.225 e. The average molecular weight is 358 g/mol. The van der Waals surface area contributed by atoms with Gasteiger partial charge in [0.2, 0.25) is 5.91 Å². The first-order valence-electron chi connectivity index (χ1n) is 5.62. The molecule has 0 spiro atoms. The van der Waals surface area contributed by atoms with Gasteiger partial charge in [-0.3, -0.25) is 4.79 Å². The molecule has 0 atom stereocenters. The summed E-state index contributed by atoms with van der Waals surface area (Å²) in [5.74, 6) is 0.700. The van der Waals surface area contributed by atoms with Crippen LogP contribution in [-0.2, 0) is 4.79 Å². The van der Waals surface area contributed by atoms with Crippen molar-refractivity contribution < 1.29 is 4.79 Å². The first-order valence-corrected chi connectivity index (χ1v) is 8.22. The van der Waals surface area contributed by atoms with Crippen LogP contribution in [-0.4, -0.2) is 21.9 Å². The molecule has 0 saturated carbocycles. The van der Waals surface area contributed by atoms with Crippen LogP contribution in [0.4, 0.5) is 5.69 Å². The molecule has 0 bridgehead atoms. The van der Waals surface area contributed by atoms with Gasteiger partial charge in [-0.15, -0.1) is 10.2 Å². The third-order valence-corrected chi connectivity index (χ3v) is 4.88. The molecular formula is C12H12BrN3OS2.